The lowest BCUT2D eigenvalue weighted by atomic mass is 10.1. The van der Waals surface area contributed by atoms with Gasteiger partial charge in [-0.3, -0.25) is 0 Å². The Morgan fingerprint density at radius 2 is 1.67 bits per heavy atom. The van der Waals surface area contributed by atoms with Crippen LogP contribution in [0.2, 0.25) is 0 Å². The van der Waals surface area contributed by atoms with E-state index in [-0.39, 0.29) is 0 Å². The fraction of sp³-hybridized carbons (Fsp3) is 0.217. The highest BCUT2D eigenvalue weighted by molar-refractivity contribution is 5.71. The van der Waals surface area contributed by atoms with E-state index in [4.69, 9.17) is 10.1 Å². The molecule has 2 aromatic carbocycles. The molecule has 0 atom stereocenters. The lowest BCUT2D eigenvalue weighted by Gasteiger charge is -2.09. The number of aryl methyl sites for hydroxylation is 3. The molecule has 2 aromatic heterocycles. The number of rotatable bonds is 5. The maximum Gasteiger partial charge on any atom is 0.161 e. The SMILES string of the molecule is Cc1ccc(-c2nn3c(NCCc4ccccc4)cc(C)nc3c2C)cc1. The van der Waals surface area contributed by atoms with Crippen molar-refractivity contribution in [2.45, 2.75) is 27.2 Å². The van der Waals surface area contributed by atoms with Crippen LogP contribution in [0, 0.1) is 20.8 Å². The van der Waals surface area contributed by atoms with Crippen molar-refractivity contribution >= 4 is 11.5 Å². The highest BCUT2D eigenvalue weighted by Gasteiger charge is 2.15. The monoisotopic (exact) mass is 356 g/mol. The molecule has 2 heterocycles. The van der Waals surface area contributed by atoms with Crippen molar-refractivity contribution in [3.8, 4) is 11.3 Å². The molecule has 136 valence electrons. The molecule has 4 heteroatoms. The Kier molecular flexibility index (Phi) is 4.63. The highest BCUT2D eigenvalue weighted by atomic mass is 15.3. The Hall–Kier alpha value is -3.14. The largest absolute Gasteiger partial charge is 0.370 e. The van der Waals surface area contributed by atoms with Crippen LogP contribution in [0.15, 0.2) is 60.7 Å². The van der Waals surface area contributed by atoms with Gasteiger partial charge in [-0.05, 0) is 32.8 Å². The van der Waals surface area contributed by atoms with Crippen molar-refractivity contribution in [1.82, 2.24) is 14.6 Å². The summed E-state index contributed by atoms with van der Waals surface area (Å²) < 4.78 is 1.93. The van der Waals surface area contributed by atoms with Crippen molar-refractivity contribution in [3.05, 3.63) is 83.0 Å². The summed E-state index contributed by atoms with van der Waals surface area (Å²) in [6.07, 6.45) is 0.967. The summed E-state index contributed by atoms with van der Waals surface area (Å²) in [5.41, 5.74) is 7.68. The predicted molar refractivity (Wildman–Crippen MR) is 111 cm³/mol. The molecule has 0 saturated carbocycles. The molecule has 4 rings (SSSR count). The summed E-state index contributed by atoms with van der Waals surface area (Å²) in [7, 11) is 0. The molecule has 0 aliphatic carbocycles. The molecular formula is C23H24N4. The third-order valence-corrected chi connectivity index (χ3v) is 4.83. The summed E-state index contributed by atoms with van der Waals surface area (Å²) in [5, 5.41) is 8.41. The van der Waals surface area contributed by atoms with Crippen molar-refractivity contribution in [2.24, 2.45) is 0 Å². The first kappa shape index (κ1) is 17.3. The lowest BCUT2D eigenvalue weighted by Crippen LogP contribution is -2.10. The van der Waals surface area contributed by atoms with Gasteiger partial charge in [0.1, 0.15) is 5.82 Å². The molecule has 0 bridgehead atoms. The van der Waals surface area contributed by atoms with Crippen molar-refractivity contribution in [3.63, 3.8) is 0 Å². The van der Waals surface area contributed by atoms with E-state index < -0.39 is 0 Å². The number of nitrogens with one attached hydrogen (secondary N) is 1. The summed E-state index contributed by atoms with van der Waals surface area (Å²) >= 11 is 0. The van der Waals surface area contributed by atoms with E-state index >= 15 is 0 Å². The fourth-order valence-corrected chi connectivity index (χ4v) is 3.34. The van der Waals surface area contributed by atoms with Crippen molar-refractivity contribution < 1.29 is 0 Å². The molecule has 0 unspecified atom stereocenters. The first-order valence-electron chi connectivity index (χ1n) is 9.33. The first-order valence-corrected chi connectivity index (χ1v) is 9.33. The van der Waals surface area contributed by atoms with Crippen LogP contribution < -0.4 is 5.32 Å². The number of hydrogen-bond acceptors (Lipinski definition) is 3. The van der Waals surface area contributed by atoms with Gasteiger partial charge >= 0.3 is 0 Å². The number of fused-ring (bicyclic) bond motifs is 1. The second-order valence-corrected chi connectivity index (χ2v) is 7.02. The van der Waals surface area contributed by atoms with E-state index in [9.17, 15) is 0 Å². The number of anilines is 1. The zero-order valence-corrected chi connectivity index (χ0v) is 16.0. The molecular weight excluding hydrogens is 332 g/mol. The van der Waals surface area contributed by atoms with E-state index in [1.54, 1.807) is 0 Å². The third kappa shape index (κ3) is 3.56. The Bertz CT molecular complexity index is 1060. The minimum absolute atomic E-state index is 0.849. The second kappa shape index (κ2) is 7.23. The van der Waals surface area contributed by atoms with Gasteiger partial charge in [0.15, 0.2) is 5.65 Å². The molecule has 27 heavy (non-hydrogen) atoms. The van der Waals surface area contributed by atoms with Crippen molar-refractivity contribution in [2.75, 3.05) is 11.9 Å². The average Bonchev–Trinajstić information content (AvgIpc) is 3.00. The topological polar surface area (TPSA) is 42.2 Å². The summed E-state index contributed by atoms with van der Waals surface area (Å²) in [6.45, 7) is 7.07. The van der Waals surface area contributed by atoms with Crippen LogP contribution in [0.25, 0.3) is 16.9 Å². The van der Waals surface area contributed by atoms with E-state index in [1.807, 2.05) is 17.5 Å². The molecule has 0 spiro atoms. The third-order valence-electron chi connectivity index (χ3n) is 4.83. The summed E-state index contributed by atoms with van der Waals surface area (Å²) in [6, 6.07) is 21.1. The molecule has 0 amide bonds. The number of nitrogens with zero attached hydrogens (tertiary/aromatic N) is 3. The minimum Gasteiger partial charge on any atom is -0.370 e. The average molecular weight is 356 g/mol. The number of aromatic nitrogens is 3. The van der Waals surface area contributed by atoms with Crippen LogP contribution in [0.1, 0.15) is 22.4 Å². The van der Waals surface area contributed by atoms with Gasteiger partial charge in [-0.2, -0.15) is 9.61 Å². The second-order valence-electron chi connectivity index (χ2n) is 7.02. The quantitative estimate of drug-likeness (QED) is 0.548. The highest BCUT2D eigenvalue weighted by Crippen LogP contribution is 2.27. The standard InChI is InChI=1S/C23H24N4/c1-16-9-11-20(12-10-16)22-18(3)23-25-17(2)15-21(27(23)26-22)24-14-13-19-7-5-4-6-8-19/h4-12,15,24H,13-14H2,1-3H3. The molecule has 4 aromatic rings. The van der Waals surface area contributed by atoms with Gasteiger partial charge in [0.2, 0.25) is 0 Å². The van der Waals surface area contributed by atoms with E-state index in [0.717, 1.165) is 46.9 Å². The Labute approximate surface area is 159 Å². The molecule has 0 saturated heterocycles. The maximum absolute atomic E-state index is 4.87. The van der Waals surface area contributed by atoms with Gasteiger partial charge in [0.25, 0.3) is 0 Å². The van der Waals surface area contributed by atoms with E-state index in [2.05, 4.69) is 73.8 Å². The van der Waals surface area contributed by atoms with Gasteiger partial charge in [-0.1, -0.05) is 60.2 Å². The Morgan fingerprint density at radius 1 is 0.926 bits per heavy atom. The van der Waals surface area contributed by atoms with Gasteiger partial charge in [0, 0.05) is 29.4 Å². The van der Waals surface area contributed by atoms with Gasteiger partial charge in [-0.15, -0.1) is 0 Å². The normalized spacial score (nSPS) is 11.1. The van der Waals surface area contributed by atoms with Gasteiger partial charge in [0.05, 0.1) is 5.69 Å². The lowest BCUT2D eigenvalue weighted by molar-refractivity contribution is 0.908. The van der Waals surface area contributed by atoms with Crippen LogP contribution in [0.3, 0.4) is 0 Å². The van der Waals surface area contributed by atoms with Gasteiger partial charge < -0.3 is 5.32 Å². The Morgan fingerprint density at radius 3 is 2.41 bits per heavy atom. The molecule has 1 N–H and O–H groups in total. The Balaban J connectivity index is 1.66. The van der Waals surface area contributed by atoms with Crippen LogP contribution >= 0.6 is 0 Å². The summed E-state index contributed by atoms with van der Waals surface area (Å²) in [4.78, 5) is 4.73. The van der Waals surface area contributed by atoms with Crippen LogP contribution in [0.5, 0.6) is 0 Å². The predicted octanol–water partition coefficient (Wildman–Crippen LogP) is 4.98. The van der Waals surface area contributed by atoms with Crippen LogP contribution in [-0.2, 0) is 6.42 Å². The number of benzene rings is 2. The van der Waals surface area contributed by atoms with Crippen LogP contribution in [-0.4, -0.2) is 21.1 Å². The number of hydrogen-bond donors (Lipinski definition) is 1. The molecule has 0 radical (unpaired) electrons. The smallest absolute Gasteiger partial charge is 0.161 e. The molecule has 4 nitrogen and oxygen atoms in total. The van der Waals surface area contributed by atoms with Crippen molar-refractivity contribution in [1.29, 1.82) is 0 Å². The first-order chi connectivity index (χ1) is 13.1. The van der Waals surface area contributed by atoms with E-state index in [1.165, 1.54) is 11.1 Å². The maximum atomic E-state index is 4.87. The summed E-state index contributed by atoms with van der Waals surface area (Å²) in [5.74, 6) is 0.981. The zero-order chi connectivity index (χ0) is 18.8. The fourth-order valence-electron chi connectivity index (χ4n) is 3.34. The molecule has 0 aliphatic heterocycles. The van der Waals surface area contributed by atoms with Crippen LogP contribution in [0.4, 0.5) is 5.82 Å². The minimum atomic E-state index is 0.849. The van der Waals surface area contributed by atoms with E-state index in [0.29, 0.717) is 0 Å². The zero-order valence-electron chi connectivity index (χ0n) is 16.0. The molecule has 0 fully saturated rings. The molecule has 0 aliphatic rings. The van der Waals surface area contributed by atoms with Gasteiger partial charge in [-0.25, -0.2) is 4.98 Å².